The third kappa shape index (κ3) is 4.83. The van der Waals surface area contributed by atoms with Crippen molar-refractivity contribution in [3.63, 3.8) is 0 Å². The van der Waals surface area contributed by atoms with Crippen molar-refractivity contribution in [1.82, 2.24) is 24.8 Å². The third-order valence-corrected chi connectivity index (χ3v) is 7.03. The first kappa shape index (κ1) is 25.7. The molecule has 2 aromatic heterocycles. The average Bonchev–Trinajstić information content (AvgIpc) is 3.47. The van der Waals surface area contributed by atoms with E-state index in [-0.39, 0.29) is 24.2 Å². The van der Waals surface area contributed by atoms with Crippen LogP contribution in [0, 0.1) is 6.92 Å². The van der Waals surface area contributed by atoms with Crippen LogP contribution in [0.4, 0.5) is 5.95 Å². The first-order valence-electron chi connectivity index (χ1n) is 11.3. The minimum Gasteiger partial charge on any atom is -0.497 e. The minimum atomic E-state index is -0.384. The number of amides is 1. The fourth-order valence-electron chi connectivity index (χ4n) is 4.18. The van der Waals surface area contributed by atoms with Crippen molar-refractivity contribution >= 4 is 63.5 Å². The number of nitrogens with zero attached hydrogens (tertiary/aromatic N) is 5. The second kappa shape index (κ2) is 10.4. The Bertz CT molecular complexity index is 1690. The van der Waals surface area contributed by atoms with E-state index in [0.29, 0.717) is 54.2 Å². The van der Waals surface area contributed by atoms with Crippen molar-refractivity contribution < 1.29 is 14.3 Å². The number of halogens is 3. The summed E-state index contributed by atoms with van der Waals surface area (Å²) >= 11 is 18.1. The molecule has 0 atom stereocenters. The van der Waals surface area contributed by atoms with Crippen molar-refractivity contribution in [2.75, 3.05) is 12.4 Å². The Hall–Kier alpha value is -3.92. The summed E-state index contributed by atoms with van der Waals surface area (Å²) < 4.78 is 8.32. The van der Waals surface area contributed by atoms with Crippen LogP contribution < -0.4 is 10.1 Å². The van der Waals surface area contributed by atoms with E-state index in [9.17, 15) is 9.59 Å². The Morgan fingerprint density at radius 1 is 0.974 bits per heavy atom. The van der Waals surface area contributed by atoms with Crippen molar-refractivity contribution in [3.05, 3.63) is 92.6 Å². The largest absolute Gasteiger partial charge is 0.497 e. The van der Waals surface area contributed by atoms with E-state index in [4.69, 9.17) is 39.5 Å². The van der Waals surface area contributed by atoms with Crippen LogP contribution in [0.2, 0.25) is 15.1 Å². The molecular formula is C26H19Cl3N6O3. The Kier molecular flexibility index (Phi) is 7.07. The van der Waals surface area contributed by atoms with Gasteiger partial charge in [0.05, 0.1) is 34.8 Å². The maximum absolute atomic E-state index is 13.5. The molecule has 0 radical (unpaired) electrons. The number of anilines is 1. The monoisotopic (exact) mass is 568 g/mol. The Morgan fingerprint density at radius 3 is 2.45 bits per heavy atom. The van der Waals surface area contributed by atoms with Crippen LogP contribution in [0.3, 0.4) is 0 Å². The van der Waals surface area contributed by atoms with Crippen LogP contribution in [-0.2, 0) is 11.2 Å². The van der Waals surface area contributed by atoms with Gasteiger partial charge in [0.2, 0.25) is 5.91 Å². The lowest BCUT2D eigenvalue weighted by Gasteiger charge is -2.09. The van der Waals surface area contributed by atoms with Gasteiger partial charge in [-0.25, -0.2) is 0 Å². The number of aromatic nitrogens is 5. The van der Waals surface area contributed by atoms with E-state index >= 15 is 0 Å². The first-order chi connectivity index (χ1) is 18.3. The summed E-state index contributed by atoms with van der Waals surface area (Å²) in [4.78, 5) is 26.7. The number of hydrogen-bond donors (Lipinski definition) is 1. The zero-order chi connectivity index (χ0) is 27.0. The molecule has 1 amide bonds. The van der Waals surface area contributed by atoms with Gasteiger partial charge in [-0.2, -0.15) is 4.68 Å². The van der Waals surface area contributed by atoms with E-state index in [1.807, 2.05) is 0 Å². The number of fused-ring (bicyclic) bond motifs is 1. The molecule has 2 heterocycles. The van der Waals surface area contributed by atoms with Crippen LogP contribution in [0.5, 0.6) is 5.75 Å². The van der Waals surface area contributed by atoms with Crippen molar-refractivity contribution in [2.24, 2.45) is 0 Å². The van der Waals surface area contributed by atoms with E-state index in [0.717, 1.165) is 0 Å². The van der Waals surface area contributed by atoms with Gasteiger partial charge in [-0.3, -0.25) is 19.5 Å². The van der Waals surface area contributed by atoms with Gasteiger partial charge >= 0.3 is 0 Å². The molecule has 0 saturated heterocycles. The quantitative estimate of drug-likeness (QED) is 0.279. The van der Waals surface area contributed by atoms with Gasteiger partial charge in [0, 0.05) is 21.7 Å². The number of hydrogen-bond acceptors (Lipinski definition) is 6. The Labute approximate surface area is 231 Å². The predicted octanol–water partition coefficient (Wildman–Crippen LogP) is 5.76. The first-order valence-corrected chi connectivity index (χ1v) is 12.4. The maximum atomic E-state index is 13.5. The fraction of sp³-hybridized carbons (Fsp3) is 0.115. The lowest BCUT2D eigenvalue weighted by molar-refractivity contribution is -0.115. The van der Waals surface area contributed by atoms with Crippen LogP contribution in [0.1, 0.15) is 21.6 Å². The molecule has 12 heteroatoms. The van der Waals surface area contributed by atoms with E-state index in [1.165, 1.54) is 4.68 Å². The number of methoxy groups -OCH3 is 1. The molecule has 5 aromatic rings. The molecule has 3 aromatic carbocycles. The van der Waals surface area contributed by atoms with E-state index in [2.05, 4.69) is 20.8 Å². The summed E-state index contributed by atoms with van der Waals surface area (Å²) in [6.07, 6.45) is -0.0510. The summed E-state index contributed by atoms with van der Waals surface area (Å²) in [7, 11) is 1.55. The number of nitrogens with one attached hydrogen (secondary N) is 1. The molecule has 192 valence electrons. The lowest BCUT2D eigenvalue weighted by atomic mass is 10.1. The van der Waals surface area contributed by atoms with Gasteiger partial charge in [-0.15, -0.1) is 0 Å². The zero-order valence-electron chi connectivity index (χ0n) is 20.1. The number of tetrazole rings is 1. The average molecular weight is 570 g/mol. The number of rotatable bonds is 6. The molecule has 0 aliphatic heterocycles. The normalized spacial score (nSPS) is 11.1. The Balaban J connectivity index is 1.50. The van der Waals surface area contributed by atoms with Gasteiger partial charge in [-0.1, -0.05) is 39.9 Å². The molecule has 9 nitrogen and oxygen atoms in total. The van der Waals surface area contributed by atoms with Crippen molar-refractivity contribution in [1.29, 1.82) is 0 Å². The summed E-state index contributed by atoms with van der Waals surface area (Å²) in [5.41, 5.74) is 2.90. The van der Waals surface area contributed by atoms with Gasteiger partial charge < -0.3 is 4.74 Å². The van der Waals surface area contributed by atoms with Crippen molar-refractivity contribution in [3.8, 4) is 11.4 Å². The molecular weight excluding hydrogens is 551 g/mol. The van der Waals surface area contributed by atoms with E-state index < -0.39 is 0 Å². The highest BCUT2D eigenvalue weighted by atomic mass is 35.5. The summed E-state index contributed by atoms with van der Waals surface area (Å²) in [5, 5.41) is 16.2. The minimum absolute atomic E-state index is 0.0510. The Morgan fingerprint density at radius 2 is 1.74 bits per heavy atom. The zero-order valence-corrected chi connectivity index (χ0v) is 22.3. The molecule has 0 bridgehead atoms. The highest BCUT2D eigenvalue weighted by molar-refractivity contribution is 6.42. The van der Waals surface area contributed by atoms with Gasteiger partial charge in [-0.05, 0) is 83.6 Å². The molecule has 0 spiro atoms. The van der Waals surface area contributed by atoms with Crippen LogP contribution >= 0.6 is 34.8 Å². The molecule has 0 fully saturated rings. The van der Waals surface area contributed by atoms with Crippen molar-refractivity contribution in [2.45, 2.75) is 13.3 Å². The second-order valence-corrected chi connectivity index (χ2v) is 9.58. The fourth-order valence-corrected chi connectivity index (χ4v) is 4.60. The highest BCUT2D eigenvalue weighted by Crippen LogP contribution is 2.31. The molecule has 1 N–H and O–H groups in total. The SMILES string of the molecule is COc1ccc2c(c1)c(CC(=O)Nc1nnnn1-c1ccc(Cl)c(Cl)c1)c(C)n2C(=O)c1ccc(Cl)cc1. The third-order valence-electron chi connectivity index (χ3n) is 6.04. The second-order valence-electron chi connectivity index (χ2n) is 8.33. The van der Waals surface area contributed by atoms with Gasteiger partial charge in [0.1, 0.15) is 5.75 Å². The summed E-state index contributed by atoms with van der Waals surface area (Å²) in [5.74, 6) is 0.0676. The molecule has 38 heavy (non-hydrogen) atoms. The number of benzene rings is 3. The molecule has 0 aliphatic rings. The maximum Gasteiger partial charge on any atom is 0.262 e. The topological polar surface area (TPSA) is 104 Å². The van der Waals surface area contributed by atoms with E-state index in [1.54, 1.807) is 79.3 Å². The molecule has 5 rings (SSSR count). The molecule has 0 unspecified atom stereocenters. The number of carbonyl (C=O) groups is 2. The molecule has 0 aliphatic carbocycles. The highest BCUT2D eigenvalue weighted by Gasteiger charge is 2.23. The lowest BCUT2D eigenvalue weighted by Crippen LogP contribution is -2.19. The summed E-state index contributed by atoms with van der Waals surface area (Å²) in [6.45, 7) is 1.79. The number of ether oxygens (including phenoxy) is 1. The summed E-state index contributed by atoms with van der Waals surface area (Å²) in [6, 6.07) is 16.9. The smallest absolute Gasteiger partial charge is 0.262 e. The standard InChI is InChI=1S/C26H19Cl3N6O3/c1-14-19(13-24(36)30-26-31-32-33-35(26)17-7-9-21(28)22(29)11-17)20-12-18(38-2)8-10-23(20)34(14)25(37)15-3-5-16(27)6-4-15/h3-12H,13H2,1-2H3,(H,30,31,33,36). The molecule has 0 saturated carbocycles. The van der Waals surface area contributed by atoms with Crippen LogP contribution in [-0.4, -0.2) is 43.7 Å². The van der Waals surface area contributed by atoms with Crippen LogP contribution in [0.25, 0.3) is 16.6 Å². The van der Waals surface area contributed by atoms with Crippen LogP contribution in [0.15, 0.2) is 60.7 Å². The predicted molar refractivity (Wildman–Crippen MR) is 146 cm³/mol. The van der Waals surface area contributed by atoms with Gasteiger partial charge in [0.25, 0.3) is 11.9 Å². The van der Waals surface area contributed by atoms with Gasteiger partial charge in [0.15, 0.2) is 0 Å². The number of carbonyl (C=O) groups excluding carboxylic acids is 2.